The van der Waals surface area contributed by atoms with Crippen LogP contribution in [0.5, 0.6) is 0 Å². The SMILES string of the molecule is CN(C)C1(CN)CCCCCCCCCCC1. The van der Waals surface area contributed by atoms with Gasteiger partial charge in [0, 0.05) is 12.1 Å². The van der Waals surface area contributed by atoms with Gasteiger partial charge in [0.15, 0.2) is 0 Å². The Balaban J connectivity index is 2.52. The highest BCUT2D eigenvalue weighted by Gasteiger charge is 2.29. The minimum Gasteiger partial charge on any atom is -0.329 e. The predicted octanol–water partition coefficient (Wildman–Crippen LogP) is 3.55. The summed E-state index contributed by atoms with van der Waals surface area (Å²) < 4.78 is 0. The Hall–Kier alpha value is -0.0800. The summed E-state index contributed by atoms with van der Waals surface area (Å²) in [7, 11) is 4.41. The Morgan fingerprint density at radius 2 is 1.12 bits per heavy atom. The molecule has 0 saturated heterocycles. The van der Waals surface area contributed by atoms with Gasteiger partial charge in [0.25, 0.3) is 0 Å². The van der Waals surface area contributed by atoms with E-state index in [9.17, 15) is 0 Å². The summed E-state index contributed by atoms with van der Waals surface area (Å²) >= 11 is 0. The lowest BCUT2D eigenvalue weighted by atomic mass is 9.84. The molecular weight excluding hydrogens is 208 g/mol. The standard InChI is InChI=1S/C15H32N2/c1-17(2)15(14-16)12-10-8-6-4-3-5-7-9-11-13-15/h3-14,16H2,1-2H3. The van der Waals surface area contributed by atoms with Gasteiger partial charge >= 0.3 is 0 Å². The van der Waals surface area contributed by atoms with Gasteiger partial charge in [-0.25, -0.2) is 0 Å². The molecule has 1 rings (SSSR count). The molecule has 17 heavy (non-hydrogen) atoms. The van der Waals surface area contributed by atoms with Crippen LogP contribution in [0.1, 0.15) is 70.6 Å². The Morgan fingerprint density at radius 3 is 1.41 bits per heavy atom. The molecule has 0 spiro atoms. The van der Waals surface area contributed by atoms with Crippen LogP contribution in [0.4, 0.5) is 0 Å². The maximum Gasteiger partial charge on any atom is 0.0325 e. The van der Waals surface area contributed by atoms with E-state index in [1.165, 1.54) is 70.6 Å². The molecule has 2 N–H and O–H groups in total. The first-order chi connectivity index (χ1) is 8.21. The van der Waals surface area contributed by atoms with Crippen molar-refractivity contribution in [2.45, 2.75) is 76.2 Å². The summed E-state index contributed by atoms with van der Waals surface area (Å²) in [6, 6.07) is 0. The van der Waals surface area contributed by atoms with Crippen LogP contribution in [0.25, 0.3) is 0 Å². The summed E-state index contributed by atoms with van der Waals surface area (Å²) in [6.45, 7) is 0.819. The molecule has 2 nitrogen and oxygen atoms in total. The third-order valence-corrected chi connectivity index (χ3v) is 4.61. The maximum absolute atomic E-state index is 6.08. The highest BCUT2D eigenvalue weighted by Crippen LogP contribution is 2.27. The van der Waals surface area contributed by atoms with Gasteiger partial charge < -0.3 is 10.6 Å². The first kappa shape index (κ1) is 15.0. The second-order valence-corrected chi connectivity index (χ2v) is 6.00. The number of hydrogen-bond acceptors (Lipinski definition) is 2. The molecule has 0 aromatic rings. The highest BCUT2D eigenvalue weighted by molar-refractivity contribution is 4.88. The van der Waals surface area contributed by atoms with Crippen molar-refractivity contribution in [3.63, 3.8) is 0 Å². The lowest BCUT2D eigenvalue weighted by Crippen LogP contribution is -2.50. The predicted molar refractivity (Wildman–Crippen MR) is 76.3 cm³/mol. The quantitative estimate of drug-likeness (QED) is 0.800. The van der Waals surface area contributed by atoms with Crippen LogP contribution >= 0.6 is 0 Å². The van der Waals surface area contributed by atoms with Crippen molar-refractivity contribution in [1.29, 1.82) is 0 Å². The minimum absolute atomic E-state index is 0.277. The number of nitrogens with two attached hydrogens (primary N) is 1. The molecule has 0 aromatic heterocycles. The Labute approximate surface area is 108 Å². The number of nitrogens with zero attached hydrogens (tertiary/aromatic N) is 1. The number of hydrogen-bond donors (Lipinski definition) is 1. The van der Waals surface area contributed by atoms with Crippen LogP contribution in [0.2, 0.25) is 0 Å². The van der Waals surface area contributed by atoms with Crippen LogP contribution in [0, 0.1) is 0 Å². The van der Waals surface area contributed by atoms with E-state index in [0.29, 0.717) is 0 Å². The zero-order valence-corrected chi connectivity index (χ0v) is 12.0. The van der Waals surface area contributed by atoms with E-state index < -0.39 is 0 Å². The fraction of sp³-hybridized carbons (Fsp3) is 1.00. The van der Waals surface area contributed by atoms with Gasteiger partial charge in [0.2, 0.25) is 0 Å². The lowest BCUT2D eigenvalue weighted by Gasteiger charge is -2.40. The first-order valence-corrected chi connectivity index (χ1v) is 7.59. The second-order valence-electron chi connectivity index (χ2n) is 6.00. The van der Waals surface area contributed by atoms with Crippen LogP contribution in [0.15, 0.2) is 0 Å². The van der Waals surface area contributed by atoms with Crippen molar-refractivity contribution >= 4 is 0 Å². The van der Waals surface area contributed by atoms with Crippen LogP contribution < -0.4 is 5.73 Å². The number of likely N-dealkylation sites (N-methyl/N-ethyl adjacent to an activating group) is 1. The van der Waals surface area contributed by atoms with Crippen LogP contribution in [-0.2, 0) is 0 Å². The molecule has 0 unspecified atom stereocenters. The van der Waals surface area contributed by atoms with Gasteiger partial charge in [-0.05, 0) is 26.9 Å². The molecule has 0 aliphatic heterocycles. The average molecular weight is 240 g/mol. The van der Waals surface area contributed by atoms with Gasteiger partial charge in [0.1, 0.15) is 0 Å². The van der Waals surface area contributed by atoms with E-state index in [0.717, 1.165) is 6.54 Å². The van der Waals surface area contributed by atoms with E-state index in [1.54, 1.807) is 0 Å². The largest absolute Gasteiger partial charge is 0.329 e. The van der Waals surface area contributed by atoms with E-state index >= 15 is 0 Å². The molecule has 0 radical (unpaired) electrons. The van der Waals surface area contributed by atoms with Crippen LogP contribution in [0.3, 0.4) is 0 Å². The zero-order chi connectivity index (χ0) is 12.6. The van der Waals surface area contributed by atoms with Crippen molar-refractivity contribution in [2.24, 2.45) is 5.73 Å². The molecule has 0 bridgehead atoms. The van der Waals surface area contributed by atoms with Crippen LogP contribution in [-0.4, -0.2) is 31.1 Å². The average Bonchev–Trinajstić information content (AvgIpc) is 2.30. The van der Waals surface area contributed by atoms with Gasteiger partial charge in [-0.2, -0.15) is 0 Å². The second kappa shape index (κ2) is 8.10. The summed E-state index contributed by atoms with van der Waals surface area (Å²) in [5.41, 5.74) is 6.35. The fourth-order valence-electron chi connectivity index (χ4n) is 3.10. The molecule has 1 saturated carbocycles. The minimum atomic E-state index is 0.277. The third kappa shape index (κ3) is 4.97. The monoisotopic (exact) mass is 240 g/mol. The van der Waals surface area contributed by atoms with Gasteiger partial charge in [0.05, 0.1) is 0 Å². The Kier molecular flexibility index (Phi) is 7.14. The number of rotatable bonds is 2. The van der Waals surface area contributed by atoms with Gasteiger partial charge in [-0.15, -0.1) is 0 Å². The summed E-state index contributed by atoms with van der Waals surface area (Å²) in [6.07, 6.45) is 15.3. The summed E-state index contributed by atoms with van der Waals surface area (Å²) in [5, 5.41) is 0. The van der Waals surface area contributed by atoms with Gasteiger partial charge in [-0.1, -0.05) is 57.8 Å². The molecular formula is C15H32N2. The summed E-state index contributed by atoms with van der Waals surface area (Å²) in [4.78, 5) is 2.39. The molecule has 1 fully saturated rings. The molecule has 0 atom stereocenters. The summed E-state index contributed by atoms with van der Waals surface area (Å²) in [5.74, 6) is 0. The normalized spacial score (nSPS) is 24.0. The van der Waals surface area contributed by atoms with E-state index in [-0.39, 0.29) is 5.54 Å². The maximum atomic E-state index is 6.08. The molecule has 0 amide bonds. The molecule has 1 aliphatic rings. The molecule has 1 aliphatic carbocycles. The Morgan fingerprint density at radius 1 is 0.765 bits per heavy atom. The first-order valence-electron chi connectivity index (χ1n) is 7.59. The molecule has 0 heterocycles. The van der Waals surface area contributed by atoms with E-state index in [2.05, 4.69) is 19.0 Å². The molecule has 2 heteroatoms. The lowest BCUT2D eigenvalue weighted by molar-refractivity contribution is 0.126. The van der Waals surface area contributed by atoms with Gasteiger partial charge in [-0.3, -0.25) is 0 Å². The van der Waals surface area contributed by atoms with Crippen molar-refractivity contribution in [2.75, 3.05) is 20.6 Å². The van der Waals surface area contributed by atoms with Crippen molar-refractivity contribution in [3.05, 3.63) is 0 Å². The van der Waals surface area contributed by atoms with Crippen molar-refractivity contribution in [3.8, 4) is 0 Å². The van der Waals surface area contributed by atoms with E-state index in [1.807, 2.05) is 0 Å². The highest BCUT2D eigenvalue weighted by atomic mass is 15.2. The van der Waals surface area contributed by atoms with Crippen molar-refractivity contribution in [1.82, 2.24) is 4.90 Å². The van der Waals surface area contributed by atoms with Crippen molar-refractivity contribution < 1.29 is 0 Å². The fourth-order valence-corrected chi connectivity index (χ4v) is 3.10. The molecule has 0 aromatic carbocycles. The smallest absolute Gasteiger partial charge is 0.0325 e. The van der Waals surface area contributed by atoms with E-state index in [4.69, 9.17) is 5.73 Å². The molecule has 102 valence electrons. The zero-order valence-electron chi connectivity index (χ0n) is 12.0. The Bertz CT molecular complexity index is 177. The topological polar surface area (TPSA) is 29.3 Å². The third-order valence-electron chi connectivity index (χ3n) is 4.61.